The Hall–Kier alpha value is -4.20. The third-order valence-corrected chi connectivity index (χ3v) is 5.79. The van der Waals surface area contributed by atoms with Gasteiger partial charge in [-0.3, -0.25) is 9.59 Å². The molecule has 0 aliphatic carbocycles. The molecule has 0 spiro atoms. The van der Waals surface area contributed by atoms with E-state index >= 15 is 0 Å². The minimum absolute atomic E-state index is 0.240. The number of halogens is 1. The molecular formula is C25H22FN5O2. The Morgan fingerprint density at radius 1 is 0.939 bits per heavy atom. The van der Waals surface area contributed by atoms with Crippen LogP contribution >= 0.6 is 0 Å². The summed E-state index contributed by atoms with van der Waals surface area (Å²) in [5.41, 5.74) is 1.56. The van der Waals surface area contributed by atoms with Gasteiger partial charge in [0.1, 0.15) is 17.3 Å². The second kappa shape index (κ2) is 8.74. The number of fused-ring (bicyclic) bond motifs is 1. The summed E-state index contributed by atoms with van der Waals surface area (Å²) < 4.78 is 14.0. The number of nitrogens with one attached hydrogen (secondary N) is 2. The minimum Gasteiger partial charge on any atom is -0.353 e. The number of amides is 2. The van der Waals surface area contributed by atoms with Crippen LogP contribution in [-0.4, -0.2) is 52.9 Å². The van der Waals surface area contributed by atoms with Crippen molar-refractivity contribution in [2.45, 2.75) is 0 Å². The van der Waals surface area contributed by atoms with E-state index in [1.807, 2.05) is 24.3 Å². The summed E-state index contributed by atoms with van der Waals surface area (Å²) >= 11 is 0. The maximum absolute atomic E-state index is 14.0. The summed E-state index contributed by atoms with van der Waals surface area (Å²) in [5.74, 6) is -0.174. The van der Waals surface area contributed by atoms with Crippen LogP contribution in [-0.2, 0) is 0 Å². The van der Waals surface area contributed by atoms with Crippen molar-refractivity contribution in [3.63, 3.8) is 0 Å². The van der Waals surface area contributed by atoms with Gasteiger partial charge in [-0.1, -0.05) is 24.3 Å². The van der Waals surface area contributed by atoms with Crippen molar-refractivity contribution in [1.29, 1.82) is 0 Å². The zero-order chi connectivity index (χ0) is 22.8. The third-order valence-electron chi connectivity index (χ3n) is 5.79. The molecule has 1 saturated heterocycles. The molecule has 0 saturated carbocycles. The van der Waals surface area contributed by atoms with Crippen LogP contribution in [0.3, 0.4) is 0 Å². The van der Waals surface area contributed by atoms with Crippen molar-refractivity contribution in [2.75, 3.05) is 36.4 Å². The topological polar surface area (TPSA) is 81.3 Å². The number of anilines is 2. The summed E-state index contributed by atoms with van der Waals surface area (Å²) in [7, 11) is 0. The molecule has 166 valence electrons. The number of H-pyrrole nitrogens is 1. The Kier molecular flexibility index (Phi) is 5.48. The fourth-order valence-corrected chi connectivity index (χ4v) is 4.07. The monoisotopic (exact) mass is 443 g/mol. The molecule has 1 aliphatic heterocycles. The highest BCUT2D eigenvalue weighted by Gasteiger charge is 2.27. The van der Waals surface area contributed by atoms with Crippen LogP contribution in [0.4, 0.5) is 15.9 Å². The number of benzene rings is 2. The molecule has 2 N–H and O–H groups in total. The van der Waals surface area contributed by atoms with Crippen LogP contribution in [0.2, 0.25) is 0 Å². The standard InChI is InChI=1S/C25H22FN5O2/c26-18-9-10-20-19(16-18)22(29-24(32)17-6-2-1-3-7-17)23(28-20)25(33)31-14-12-30(13-15-31)21-8-4-5-11-27-21/h1-11,16,28H,12-15H2,(H,29,32). The van der Waals surface area contributed by atoms with E-state index in [0.717, 1.165) is 5.82 Å². The second-order valence-corrected chi connectivity index (χ2v) is 7.85. The highest BCUT2D eigenvalue weighted by Crippen LogP contribution is 2.30. The van der Waals surface area contributed by atoms with Gasteiger partial charge in [0.2, 0.25) is 0 Å². The summed E-state index contributed by atoms with van der Waals surface area (Å²) in [6, 6.07) is 18.7. The van der Waals surface area contributed by atoms with Gasteiger partial charge in [-0.25, -0.2) is 9.37 Å². The largest absolute Gasteiger partial charge is 0.353 e. The predicted octanol–water partition coefficient (Wildman–Crippen LogP) is 3.92. The maximum Gasteiger partial charge on any atom is 0.272 e. The van der Waals surface area contributed by atoms with E-state index < -0.39 is 5.82 Å². The van der Waals surface area contributed by atoms with Gasteiger partial charge in [0.15, 0.2) is 0 Å². The quantitative estimate of drug-likeness (QED) is 0.501. The van der Waals surface area contributed by atoms with E-state index in [0.29, 0.717) is 42.6 Å². The van der Waals surface area contributed by atoms with Crippen LogP contribution in [0.5, 0.6) is 0 Å². The molecule has 0 radical (unpaired) electrons. The smallest absolute Gasteiger partial charge is 0.272 e. The van der Waals surface area contributed by atoms with Gasteiger partial charge < -0.3 is 20.1 Å². The van der Waals surface area contributed by atoms with Crippen LogP contribution < -0.4 is 10.2 Å². The van der Waals surface area contributed by atoms with Crippen LogP contribution in [0.25, 0.3) is 10.9 Å². The third kappa shape index (κ3) is 4.15. The predicted molar refractivity (Wildman–Crippen MR) is 125 cm³/mol. The summed E-state index contributed by atoms with van der Waals surface area (Å²) in [6.45, 7) is 2.29. The molecule has 8 heteroatoms. The molecule has 2 amide bonds. The summed E-state index contributed by atoms with van der Waals surface area (Å²) in [6.07, 6.45) is 1.75. The molecule has 1 aliphatic rings. The van der Waals surface area contributed by atoms with Crippen molar-refractivity contribution in [3.05, 3.63) is 90.0 Å². The minimum atomic E-state index is -0.445. The Morgan fingerprint density at radius 3 is 2.42 bits per heavy atom. The molecule has 4 aromatic rings. The number of piperazine rings is 1. The van der Waals surface area contributed by atoms with Gasteiger partial charge in [-0.05, 0) is 42.5 Å². The fraction of sp³-hybridized carbons (Fsp3) is 0.160. The molecule has 3 heterocycles. The van der Waals surface area contributed by atoms with E-state index in [4.69, 9.17) is 0 Å². The van der Waals surface area contributed by atoms with Gasteiger partial charge in [0.05, 0.1) is 5.69 Å². The van der Waals surface area contributed by atoms with Crippen molar-refractivity contribution < 1.29 is 14.0 Å². The van der Waals surface area contributed by atoms with Crippen molar-refractivity contribution in [2.24, 2.45) is 0 Å². The van der Waals surface area contributed by atoms with Gasteiger partial charge in [-0.2, -0.15) is 0 Å². The van der Waals surface area contributed by atoms with Crippen molar-refractivity contribution in [3.8, 4) is 0 Å². The SMILES string of the molecule is O=C(Nc1c(C(=O)N2CCN(c3ccccn3)CC2)[nH]c2ccc(F)cc12)c1ccccc1. The first kappa shape index (κ1) is 20.7. The number of hydrogen-bond acceptors (Lipinski definition) is 4. The van der Waals surface area contributed by atoms with E-state index in [1.165, 1.54) is 12.1 Å². The Bertz CT molecular complexity index is 1300. The highest BCUT2D eigenvalue weighted by atomic mass is 19.1. The first-order chi connectivity index (χ1) is 16.1. The van der Waals surface area contributed by atoms with Crippen LogP contribution in [0, 0.1) is 5.82 Å². The average molecular weight is 443 g/mol. The normalized spacial score (nSPS) is 13.8. The van der Waals surface area contributed by atoms with Crippen LogP contribution in [0.1, 0.15) is 20.8 Å². The van der Waals surface area contributed by atoms with Crippen LogP contribution in [0.15, 0.2) is 72.9 Å². The number of pyridine rings is 1. The maximum atomic E-state index is 14.0. The van der Waals surface area contributed by atoms with Crippen molar-refractivity contribution >= 4 is 34.2 Å². The lowest BCUT2D eigenvalue weighted by Gasteiger charge is -2.35. The lowest BCUT2D eigenvalue weighted by atomic mass is 10.1. The molecule has 2 aromatic heterocycles. The van der Waals surface area contributed by atoms with E-state index in [1.54, 1.807) is 41.4 Å². The lowest BCUT2D eigenvalue weighted by molar-refractivity contribution is 0.0742. The number of aromatic amines is 1. The Balaban J connectivity index is 1.42. The number of carbonyl (C=O) groups is 2. The highest BCUT2D eigenvalue weighted by molar-refractivity contribution is 6.15. The number of aromatic nitrogens is 2. The molecule has 33 heavy (non-hydrogen) atoms. The molecule has 2 aromatic carbocycles. The number of rotatable bonds is 4. The van der Waals surface area contributed by atoms with Gasteiger partial charge in [-0.15, -0.1) is 0 Å². The molecule has 5 rings (SSSR count). The summed E-state index contributed by atoms with van der Waals surface area (Å²) in [5, 5.41) is 3.28. The zero-order valence-corrected chi connectivity index (χ0v) is 17.8. The number of carbonyl (C=O) groups excluding carboxylic acids is 2. The first-order valence-corrected chi connectivity index (χ1v) is 10.7. The number of hydrogen-bond donors (Lipinski definition) is 2. The van der Waals surface area contributed by atoms with E-state index in [-0.39, 0.29) is 23.2 Å². The second-order valence-electron chi connectivity index (χ2n) is 7.85. The van der Waals surface area contributed by atoms with Crippen molar-refractivity contribution in [1.82, 2.24) is 14.9 Å². The number of nitrogens with zero attached hydrogens (tertiary/aromatic N) is 3. The first-order valence-electron chi connectivity index (χ1n) is 10.7. The molecule has 0 bridgehead atoms. The van der Waals surface area contributed by atoms with E-state index in [9.17, 15) is 14.0 Å². The van der Waals surface area contributed by atoms with E-state index in [2.05, 4.69) is 20.2 Å². The molecule has 0 unspecified atom stereocenters. The van der Waals surface area contributed by atoms with Gasteiger partial charge >= 0.3 is 0 Å². The van der Waals surface area contributed by atoms with Gasteiger partial charge in [0, 0.05) is 48.8 Å². The molecular weight excluding hydrogens is 421 g/mol. The zero-order valence-electron chi connectivity index (χ0n) is 17.8. The Morgan fingerprint density at radius 2 is 1.70 bits per heavy atom. The molecule has 0 atom stereocenters. The fourth-order valence-electron chi connectivity index (χ4n) is 4.07. The summed E-state index contributed by atoms with van der Waals surface area (Å²) in [4.78, 5) is 37.6. The molecule has 7 nitrogen and oxygen atoms in total. The average Bonchev–Trinajstić information content (AvgIpc) is 3.22. The lowest BCUT2D eigenvalue weighted by Crippen LogP contribution is -2.49. The molecule has 1 fully saturated rings. The Labute approximate surface area is 189 Å². The van der Waals surface area contributed by atoms with Gasteiger partial charge in [0.25, 0.3) is 11.8 Å².